The number of sulfonamides is 1. The van der Waals surface area contributed by atoms with Crippen molar-refractivity contribution in [3.05, 3.63) is 17.7 Å². The van der Waals surface area contributed by atoms with Gasteiger partial charge in [0.25, 0.3) is 0 Å². The molecule has 0 radical (unpaired) electrons. The van der Waals surface area contributed by atoms with Gasteiger partial charge in [-0.15, -0.1) is 0 Å². The fourth-order valence-electron chi connectivity index (χ4n) is 2.25. The summed E-state index contributed by atoms with van der Waals surface area (Å²) < 4.78 is 31.9. The van der Waals surface area contributed by atoms with E-state index in [1.54, 1.807) is 19.9 Å². The Hall–Kier alpha value is -1.80. The third-order valence-electron chi connectivity index (χ3n) is 3.58. The van der Waals surface area contributed by atoms with E-state index in [9.17, 15) is 13.2 Å². The summed E-state index contributed by atoms with van der Waals surface area (Å²) in [6.07, 6.45) is 0. The van der Waals surface area contributed by atoms with Crippen molar-refractivity contribution in [3.63, 3.8) is 0 Å². The monoisotopic (exact) mass is 313 g/mol. The van der Waals surface area contributed by atoms with Crippen LogP contribution < -0.4 is 15.8 Å². The highest BCUT2D eigenvalue weighted by Crippen LogP contribution is 2.32. The van der Waals surface area contributed by atoms with Crippen LogP contribution in [0, 0.1) is 6.92 Å². The zero-order chi connectivity index (χ0) is 15.8. The molecular formula is C13H19N3O4S. The van der Waals surface area contributed by atoms with Gasteiger partial charge in [0.1, 0.15) is 16.7 Å². The molecule has 0 aliphatic carbocycles. The van der Waals surface area contributed by atoms with Crippen molar-refractivity contribution in [2.24, 2.45) is 0 Å². The van der Waals surface area contributed by atoms with Crippen LogP contribution in [0.4, 0.5) is 5.69 Å². The van der Waals surface area contributed by atoms with E-state index in [0.717, 1.165) is 5.56 Å². The summed E-state index contributed by atoms with van der Waals surface area (Å²) in [5.41, 5.74) is 6.91. The first-order chi connectivity index (χ1) is 9.78. The molecule has 1 amide bonds. The lowest BCUT2D eigenvalue weighted by molar-refractivity contribution is -0.126. The number of hydrogen-bond acceptors (Lipinski definition) is 5. The lowest BCUT2D eigenvalue weighted by Crippen LogP contribution is -2.55. The number of nitrogens with one attached hydrogen (secondary N) is 1. The number of anilines is 1. The van der Waals surface area contributed by atoms with Gasteiger partial charge in [-0.05, 0) is 31.5 Å². The van der Waals surface area contributed by atoms with Crippen LogP contribution in [-0.4, -0.2) is 44.9 Å². The molecule has 1 aliphatic rings. The van der Waals surface area contributed by atoms with Gasteiger partial charge >= 0.3 is 0 Å². The molecule has 0 aromatic heterocycles. The van der Waals surface area contributed by atoms with E-state index < -0.39 is 16.1 Å². The predicted molar refractivity (Wildman–Crippen MR) is 78.5 cm³/mol. The quantitative estimate of drug-likeness (QED) is 0.770. The highest BCUT2D eigenvalue weighted by molar-refractivity contribution is 7.89. The highest BCUT2D eigenvalue weighted by Gasteiger charge is 2.37. The summed E-state index contributed by atoms with van der Waals surface area (Å²) >= 11 is 0. The van der Waals surface area contributed by atoms with Gasteiger partial charge in [0.2, 0.25) is 15.9 Å². The van der Waals surface area contributed by atoms with Crippen LogP contribution in [0.1, 0.15) is 12.5 Å². The van der Waals surface area contributed by atoms with Crippen LogP contribution in [0.3, 0.4) is 0 Å². The molecule has 21 heavy (non-hydrogen) atoms. The van der Waals surface area contributed by atoms with Crippen molar-refractivity contribution >= 4 is 21.6 Å². The maximum atomic E-state index is 12.8. The van der Waals surface area contributed by atoms with Gasteiger partial charge < -0.3 is 15.8 Å². The molecule has 7 nitrogen and oxygen atoms in total. The van der Waals surface area contributed by atoms with Gasteiger partial charge in [0.15, 0.2) is 0 Å². The zero-order valence-electron chi connectivity index (χ0n) is 12.2. The van der Waals surface area contributed by atoms with Gasteiger partial charge in [-0.1, -0.05) is 0 Å². The number of benzene rings is 1. The molecule has 1 unspecified atom stereocenters. The lowest BCUT2D eigenvalue weighted by atomic mass is 10.2. The summed E-state index contributed by atoms with van der Waals surface area (Å²) in [7, 11) is -2.46. The fraction of sp³-hybridized carbons (Fsp3) is 0.462. The van der Waals surface area contributed by atoms with Crippen molar-refractivity contribution in [3.8, 4) is 5.75 Å². The van der Waals surface area contributed by atoms with Gasteiger partial charge in [0.05, 0.1) is 7.11 Å². The fourth-order valence-corrected chi connectivity index (χ4v) is 4.02. The van der Waals surface area contributed by atoms with Crippen LogP contribution in [0.25, 0.3) is 0 Å². The Morgan fingerprint density at radius 2 is 2.10 bits per heavy atom. The molecule has 3 N–H and O–H groups in total. The largest absolute Gasteiger partial charge is 0.495 e. The van der Waals surface area contributed by atoms with Crippen molar-refractivity contribution in [2.75, 3.05) is 25.9 Å². The minimum Gasteiger partial charge on any atom is -0.495 e. The summed E-state index contributed by atoms with van der Waals surface area (Å²) in [5.74, 6) is -0.0937. The third kappa shape index (κ3) is 2.68. The molecule has 1 saturated heterocycles. The van der Waals surface area contributed by atoms with Crippen molar-refractivity contribution < 1.29 is 17.9 Å². The lowest BCUT2D eigenvalue weighted by Gasteiger charge is -2.32. The number of nitrogens with zero attached hydrogens (tertiary/aromatic N) is 1. The average molecular weight is 313 g/mol. The molecule has 8 heteroatoms. The minimum absolute atomic E-state index is 0.0188. The Balaban J connectivity index is 2.53. The number of carbonyl (C=O) groups excluding carboxylic acids is 1. The Kier molecular flexibility index (Phi) is 4.11. The maximum absolute atomic E-state index is 12.8. The standard InChI is InChI=1S/C13H19N3O4S/c1-8-6-11(20-3)12(7-10(8)14)21(18,19)16-5-4-15-13(17)9(16)2/h6-7,9H,4-5,14H2,1-3H3,(H,15,17). The third-order valence-corrected chi connectivity index (χ3v) is 5.57. The first-order valence-corrected chi connectivity index (χ1v) is 7.96. The van der Waals surface area contributed by atoms with Crippen molar-refractivity contribution in [1.29, 1.82) is 0 Å². The van der Waals surface area contributed by atoms with Crippen LogP contribution in [0.5, 0.6) is 5.75 Å². The van der Waals surface area contributed by atoms with Crippen LogP contribution in [-0.2, 0) is 14.8 Å². The summed E-state index contributed by atoms with van der Waals surface area (Å²) in [6.45, 7) is 3.82. The second kappa shape index (κ2) is 5.53. The van der Waals surface area contributed by atoms with E-state index in [1.165, 1.54) is 17.5 Å². The molecule has 1 heterocycles. The van der Waals surface area contributed by atoms with Gasteiger partial charge in [-0.2, -0.15) is 4.31 Å². The molecule has 0 saturated carbocycles. The van der Waals surface area contributed by atoms with Gasteiger partial charge in [0, 0.05) is 18.8 Å². The number of nitrogens with two attached hydrogens (primary N) is 1. The number of carbonyl (C=O) groups is 1. The number of hydrogen-bond donors (Lipinski definition) is 2. The molecule has 2 rings (SSSR count). The number of piperazine rings is 1. The topological polar surface area (TPSA) is 102 Å². The Labute approximate surface area is 124 Å². The number of ether oxygens (including phenoxy) is 1. The smallest absolute Gasteiger partial charge is 0.247 e. The molecule has 1 aromatic carbocycles. The van der Waals surface area contributed by atoms with Crippen molar-refractivity contribution in [1.82, 2.24) is 9.62 Å². The van der Waals surface area contributed by atoms with Crippen molar-refractivity contribution in [2.45, 2.75) is 24.8 Å². The molecule has 0 spiro atoms. The maximum Gasteiger partial charge on any atom is 0.247 e. The second-order valence-electron chi connectivity index (χ2n) is 4.94. The first kappa shape index (κ1) is 15.6. The van der Waals surface area contributed by atoms with E-state index in [4.69, 9.17) is 10.5 Å². The van der Waals surface area contributed by atoms with E-state index in [1.807, 2.05) is 0 Å². The van der Waals surface area contributed by atoms with E-state index in [2.05, 4.69) is 5.32 Å². The number of rotatable bonds is 3. The van der Waals surface area contributed by atoms with Gasteiger partial charge in [-0.3, -0.25) is 4.79 Å². The highest BCUT2D eigenvalue weighted by atomic mass is 32.2. The molecule has 1 aromatic rings. The normalized spacial score (nSPS) is 20.1. The molecule has 1 fully saturated rings. The number of methoxy groups -OCH3 is 1. The number of nitrogen functional groups attached to an aromatic ring is 1. The van der Waals surface area contributed by atoms with Crippen LogP contribution >= 0.6 is 0 Å². The summed E-state index contributed by atoms with van der Waals surface area (Å²) in [6, 6.07) is 2.19. The minimum atomic E-state index is -3.86. The predicted octanol–water partition coefficient (Wildman–Crippen LogP) is 0.0948. The Morgan fingerprint density at radius 1 is 1.43 bits per heavy atom. The summed E-state index contributed by atoms with van der Waals surface area (Å²) in [5, 5.41) is 2.63. The van der Waals surface area contributed by atoms with Crippen LogP contribution in [0.2, 0.25) is 0 Å². The van der Waals surface area contributed by atoms with E-state index >= 15 is 0 Å². The summed E-state index contributed by atoms with van der Waals surface area (Å²) in [4.78, 5) is 11.7. The molecule has 0 bridgehead atoms. The van der Waals surface area contributed by atoms with E-state index in [-0.39, 0.29) is 29.6 Å². The zero-order valence-corrected chi connectivity index (χ0v) is 13.0. The molecular weight excluding hydrogens is 294 g/mol. The average Bonchev–Trinajstić information content (AvgIpc) is 2.44. The second-order valence-corrected chi connectivity index (χ2v) is 6.80. The Bertz CT molecular complexity index is 672. The van der Waals surface area contributed by atoms with Crippen LogP contribution in [0.15, 0.2) is 17.0 Å². The van der Waals surface area contributed by atoms with Gasteiger partial charge in [-0.25, -0.2) is 8.42 Å². The molecule has 1 atom stereocenters. The first-order valence-electron chi connectivity index (χ1n) is 6.52. The number of aryl methyl sites for hydroxylation is 1. The molecule has 1 aliphatic heterocycles. The molecule has 116 valence electrons. The number of amides is 1. The van der Waals surface area contributed by atoms with E-state index in [0.29, 0.717) is 5.69 Å². The SMILES string of the molecule is COc1cc(C)c(N)cc1S(=O)(=O)N1CCNC(=O)C1C. The Morgan fingerprint density at radius 3 is 2.71 bits per heavy atom.